The molecule has 0 radical (unpaired) electrons. The zero-order chi connectivity index (χ0) is 16.6. The molecule has 0 bridgehead atoms. The molecule has 0 fully saturated rings. The van der Waals surface area contributed by atoms with Crippen LogP contribution in [-0.2, 0) is 4.79 Å². The Bertz CT molecular complexity index is 786. The van der Waals surface area contributed by atoms with Crippen LogP contribution in [0.15, 0.2) is 66.7 Å². The van der Waals surface area contributed by atoms with Gasteiger partial charge in [0.15, 0.2) is 6.04 Å². The van der Waals surface area contributed by atoms with Crippen molar-refractivity contribution in [3.8, 4) is 0 Å². The number of aliphatic carboxylic acids is 1. The first-order chi connectivity index (χ1) is 11.0. The molecule has 1 aliphatic heterocycles. The minimum atomic E-state index is -1.19. The smallest absolute Gasteiger partial charge is 0.331 e. The van der Waals surface area contributed by atoms with Crippen molar-refractivity contribution in [1.29, 1.82) is 0 Å². The second-order valence-corrected chi connectivity index (χ2v) is 5.43. The normalized spacial score (nSPS) is 20.0. The molecule has 3 N–H and O–H groups in total. The van der Waals surface area contributed by atoms with Crippen molar-refractivity contribution in [2.24, 2.45) is 5.73 Å². The van der Waals surface area contributed by atoms with Crippen LogP contribution in [0.5, 0.6) is 0 Å². The van der Waals surface area contributed by atoms with Gasteiger partial charge >= 0.3 is 12.0 Å². The summed E-state index contributed by atoms with van der Waals surface area (Å²) in [6.45, 7) is 3.98. The number of fused-ring (bicyclic) bond motifs is 1. The summed E-state index contributed by atoms with van der Waals surface area (Å²) in [5.41, 5.74) is 8.12. The number of hydrogen-bond donors (Lipinski definition) is 2. The number of urea groups is 1. The van der Waals surface area contributed by atoms with E-state index >= 15 is 0 Å². The fourth-order valence-corrected chi connectivity index (χ4v) is 3.17. The van der Waals surface area contributed by atoms with Gasteiger partial charge in [0.1, 0.15) is 0 Å². The first-order valence-electron chi connectivity index (χ1n) is 7.16. The van der Waals surface area contributed by atoms with Gasteiger partial charge in [-0.1, -0.05) is 55.1 Å². The van der Waals surface area contributed by atoms with E-state index in [9.17, 15) is 14.7 Å². The minimum absolute atomic E-state index is 0.302. The van der Waals surface area contributed by atoms with E-state index in [1.165, 1.54) is 0 Å². The molecule has 2 atom stereocenters. The van der Waals surface area contributed by atoms with Crippen molar-refractivity contribution >= 4 is 17.7 Å². The lowest BCUT2D eigenvalue weighted by Gasteiger charge is -2.39. The zero-order valence-corrected chi connectivity index (χ0v) is 12.3. The Morgan fingerprint density at radius 2 is 1.65 bits per heavy atom. The van der Waals surface area contributed by atoms with Gasteiger partial charge in [0, 0.05) is 5.92 Å². The highest BCUT2D eigenvalue weighted by Crippen LogP contribution is 2.44. The van der Waals surface area contributed by atoms with E-state index in [1.54, 1.807) is 12.1 Å². The molecule has 0 saturated carbocycles. The average Bonchev–Trinajstić information content (AvgIpc) is 2.54. The molecule has 2 unspecified atom stereocenters. The van der Waals surface area contributed by atoms with E-state index in [2.05, 4.69) is 6.58 Å². The number of benzene rings is 2. The van der Waals surface area contributed by atoms with Gasteiger partial charge in [0.05, 0.1) is 5.69 Å². The van der Waals surface area contributed by atoms with Crippen LogP contribution in [-0.4, -0.2) is 23.1 Å². The van der Waals surface area contributed by atoms with Crippen molar-refractivity contribution < 1.29 is 14.7 Å². The van der Waals surface area contributed by atoms with Gasteiger partial charge in [-0.3, -0.25) is 4.90 Å². The van der Waals surface area contributed by atoms with E-state index in [-0.39, 0.29) is 5.92 Å². The van der Waals surface area contributed by atoms with Crippen LogP contribution >= 0.6 is 0 Å². The predicted molar refractivity (Wildman–Crippen MR) is 87.4 cm³/mol. The second-order valence-electron chi connectivity index (χ2n) is 5.43. The zero-order valence-electron chi connectivity index (χ0n) is 12.3. The SMILES string of the molecule is C=C1C(c2ccccc2)c2ccccc2N(C(N)=O)C1C(=O)O. The van der Waals surface area contributed by atoms with Gasteiger partial charge in [-0.05, 0) is 22.8 Å². The van der Waals surface area contributed by atoms with Crippen LogP contribution in [0, 0.1) is 0 Å². The van der Waals surface area contributed by atoms with Gasteiger partial charge in [-0.15, -0.1) is 0 Å². The summed E-state index contributed by atoms with van der Waals surface area (Å²) in [6, 6.07) is 14.7. The highest BCUT2D eigenvalue weighted by atomic mass is 16.4. The third-order valence-corrected chi connectivity index (χ3v) is 4.09. The summed E-state index contributed by atoms with van der Waals surface area (Å²) in [5, 5.41) is 9.61. The molecule has 3 rings (SSSR count). The molecule has 1 heterocycles. The summed E-state index contributed by atoms with van der Waals surface area (Å²) in [6.07, 6.45) is 0. The van der Waals surface area contributed by atoms with Crippen molar-refractivity contribution in [2.75, 3.05) is 4.90 Å². The van der Waals surface area contributed by atoms with Crippen molar-refractivity contribution in [1.82, 2.24) is 0 Å². The van der Waals surface area contributed by atoms with Gasteiger partial charge < -0.3 is 10.8 Å². The maximum Gasteiger partial charge on any atom is 0.331 e. The van der Waals surface area contributed by atoms with Gasteiger partial charge in [-0.25, -0.2) is 9.59 Å². The third kappa shape index (κ3) is 2.36. The molecule has 0 saturated heterocycles. The van der Waals surface area contributed by atoms with E-state index in [0.29, 0.717) is 11.3 Å². The fraction of sp³-hybridized carbons (Fsp3) is 0.111. The maximum atomic E-state index is 11.9. The van der Waals surface area contributed by atoms with Crippen LogP contribution in [0.3, 0.4) is 0 Å². The van der Waals surface area contributed by atoms with Crippen LogP contribution in [0.4, 0.5) is 10.5 Å². The number of nitrogens with two attached hydrogens (primary N) is 1. The Labute approximate surface area is 133 Å². The number of amides is 2. The van der Waals surface area contributed by atoms with E-state index < -0.39 is 18.0 Å². The highest BCUT2D eigenvalue weighted by Gasteiger charge is 2.42. The van der Waals surface area contributed by atoms with E-state index in [0.717, 1.165) is 16.0 Å². The Balaban J connectivity index is 2.26. The quantitative estimate of drug-likeness (QED) is 0.837. The third-order valence-electron chi connectivity index (χ3n) is 4.09. The number of rotatable bonds is 2. The first-order valence-corrected chi connectivity index (χ1v) is 7.16. The van der Waals surface area contributed by atoms with E-state index in [1.807, 2.05) is 42.5 Å². The lowest BCUT2D eigenvalue weighted by atomic mass is 9.78. The molecule has 0 aliphatic carbocycles. The number of primary amides is 1. The molecule has 116 valence electrons. The van der Waals surface area contributed by atoms with Gasteiger partial charge in [0.2, 0.25) is 0 Å². The topological polar surface area (TPSA) is 83.6 Å². The number of nitrogens with zero attached hydrogens (tertiary/aromatic N) is 1. The Morgan fingerprint density at radius 1 is 1.04 bits per heavy atom. The molecule has 1 aliphatic rings. The largest absolute Gasteiger partial charge is 0.479 e. The monoisotopic (exact) mass is 308 g/mol. The van der Waals surface area contributed by atoms with E-state index in [4.69, 9.17) is 5.73 Å². The van der Waals surface area contributed by atoms with Gasteiger partial charge in [-0.2, -0.15) is 0 Å². The summed E-state index contributed by atoms with van der Waals surface area (Å²) in [7, 11) is 0. The number of carbonyl (C=O) groups excluding carboxylic acids is 1. The summed E-state index contributed by atoms with van der Waals surface area (Å²) < 4.78 is 0. The summed E-state index contributed by atoms with van der Waals surface area (Å²) in [5.74, 6) is -1.45. The van der Waals surface area contributed by atoms with Crippen LogP contribution < -0.4 is 10.6 Å². The Morgan fingerprint density at radius 3 is 2.26 bits per heavy atom. The van der Waals surface area contributed by atoms with Crippen molar-refractivity contribution in [3.63, 3.8) is 0 Å². The number of para-hydroxylation sites is 1. The molecule has 2 aromatic carbocycles. The summed E-state index contributed by atoms with van der Waals surface area (Å²) in [4.78, 5) is 24.7. The number of carboxylic acids is 1. The number of carboxylic acid groups (broad SMARTS) is 1. The minimum Gasteiger partial charge on any atom is -0.479 e. The van der Waals surface area contributed by atoms with Crippen LogP contribution in [0.25, 0.3) is 0 Å². The molecule has 0 spiro atoms. The number of hydrogen-bond acceptors (Lipinski definition) is 2. The molecule has 2 aromatic rings. The molecular weight excluding hydrogens is 292 g/mol. The maximum absolute atomic E-state index is 11.9. The lowest BCUT2D eigenvalue weighted by molar-refractivity contribution is -0.137. The van der Waals surface area contributed by atoms with Crippen molar-refractivity contribution in [3.05, 3.63) is 77.9 Å². The van der Waals surface area contributed by atoms with Crippen molar-refractivity contribution in [2.45, 2.75) is 12.0 Å². The molecule has 5 nitrogen and oxygen atoms in total. The van der Waals surface area contributed by atoms with Crippen LogP contribution in [0.2, 0.25) is 0 Å². The average molecular weight is 308 g/mol. The highest BCUT2D eigenvalue weighted by molar-refractivity contribution is 6.01. The molecule has 0 aromatic heterocycles. The molecule has 23 heavy (non-hydrogen) atoms. The lowest BCUT2D eigenvalue weighted by Crippen LogP contribution is -2.52. The van der Waals surface area contributed by atoms with Gasteiger partial charge in [0.25, 0.3) is 0 Å². The fourth-order valence-electron chi connectivity index (χ4n) is 3.17. The number of anilines is 1. The standard InChI is InChI=1S/C18H16N2O3/c1-11-15(12-7-3-2-4-8-12)13-9-5-6-10-14(13)20(18(19)23)16(11)17(21)22/h2-10,15-16H,1H2,(H2,19,23)(H,21,22). The summed E-state index contributed by atoms with van der Waals surface area (Å²) >= 11 is 0. The molecular formula is C18H16N2O3. The first kappa shape index (κ1) is 14.8. The predicted octanol–water partition coefficient (Wildman–Crippen LogP) is 2.73. The Hall–Kier alpha value is -3.08. The second kappa shape index (κ2) is 5.61. The molecule has 2 amide bonds. The van der Waals surface area contributed by atoms with Crippen LogP contribution in [0.1, 0.15) is 17.0 Å². The molecule has 5 heteroatoms. The number of carbonyl (C=O) groups is 2. The Kier molecular flexibility index (Phi) is 3.62.